The topological polar surface area (TPSA) is 68.6 Å². The first-order valence-electron chi connectivity index (χ1n) is 10.2. The number of ether oxygens (including phenoxy) is 1. The monoisotopic (exact) mass is 424 g/mol. The predicted molar refractivity (Wildman–Crippen MR) is 106 cm³/mol. The fourth-order valence-corrected chi connectivity index (χ4v) is 4.59. The molecule has 164 valence electrons. The number of likely N-dealkylation sites (tertiary alicyclic amines) is 1. The van der Waals surface area contributed by atoms with Crippen molar-refractivity contribution >= 4 is 11.7 Å². The summed E-state index contributed by atoms with van der Waals surface area (Å²) in [5.41, 5.74) is -1.20. The van der Waals surface area contributed by atoms with Gasteiger partial charge in [0.05, 0.1) is 23.8 Å². The molecule has 3 rings (SSSR count). The Morgan fingerprint density at radius 2 is 2.13 bits per heavy atom. The van der Waals surface area contributed by atoms with Crippen LogP contribution in [0.4, 0.5) is 23.7 Å². The first-order valence-corrected chi connectivity index (χ1v) is 10.2. The van der Waals surface area contributed by atoms with Crippen LogP contribution in [0.3, 0.4) is 0 Å². The molecule has 2 aliphatic rings. The van der Waals surface area contributed by atoms with Gasteiger partial charge in [-0.2, -0.15) is 18.4 Å². The van der Waals surface area contributed by atoms with Gasteiger partial charge in [0.1, 0.15) is 0 Å². The lowest BCUT2D eigenvalue weighted by Gasteiger charge is -2.43. The van der Waals surface area contributed by atoms with E-state index in [-0.39, 0.29) is 22.9 Å². The zero-order valence-corrected chi connectivity index (χ0v) is 17.3. The van der Waals surface area contributed by atoms with E-state index in [0.717, 1.165) is 12.5 Å². The summed E-state index contributed by atoms with van der Waals surface area (Å²) >= 11 is 0. The first kappa shape index (κ1) is 22.2. The molecule has 0 bridgehead atoms. The standard InChI is InChI=1S/C21H27F3N4O2/c1-3-26-19(29)27-8-7-16-11-28(13-20(16,12-27)14-30-4-2)17-6-5-15(10-25)18(9-17)21(22,23)24/h5-6,9,16H,3-4,7-8,11-14H2,1-2H3,(H,26,29). The fourth-order valence-electron chi connectivity index (χ4n) is 4.59. The number of hydrogen-bond acceptors (Lipinski definition) is 4. The van der Waals surface area contributed by atoms with Gasteiger partial charge in [-0.15, -0.1) is 0 Å². The van der Waals surface area contributed by atoms with E-state index < -0.39 is 11.7 Å². The minimum Gasteiger partial charge on any atom is -0.381 e. The molecular formula is C21H27F3N4O2. The fraction of sp³-hybridized carbons (Fsp3) is 0.619. The lowest BCUT2D eigenvalue weighted by atomic mass is 9.74. The molecule has 6 nitrogen and oxygen atoms in total. The molecule has 2 fully saturated rings. The van der Waals surface area contributed by atoms with Gasteiger partial charge in [0.15, 0.2) is 0 Å². The van der Waals surface area contributed by atoms with Crippen LogP contribution in [0.1, 0.15) is 31.4 Å². The smallest absolute Gasteiger partial charge is 0.381 e. The zero-order chi connectivity index (χ0) is 21.9. The van der Waals surface area contributed by atoms with E-state index in [1.54, 1.807) is 17.0 Å². The van der Waals surface area contributed by atoms with Crippen LogP contribution in [0.15, 0.2) is 18.2 Å². The molecule has 0 radical (unpaired) electrons. The maximum atomic E-state index is 13.4. The van der Waals surface area contributed by atoms with Gasteiger partial charge in [-0.1, -0.05) is 0 Å². The van der Waals surface area contributed by atoms with E-state index in [1.165, 1.54) is 6.07 Å². The Bertz CT molecular complexity index is 823. The van der Waals surface area contributed by atoms with Crippen LogP contribution in [0.2, 0.25) is 0 Å². The van der Waals surface area contributed by atoms with Crippen molar-refractivity contribution in [1.82, 2.24) is 10.2 Å². The molecule has 2 amide bonds. The van der Waals surface area contributed by atoms with E-state index in [4.69, 9.17) is 10.00 Å². The summed E-state index contributed by atoms with van der Waals surface area (Å²) in [4.78, 5) is 16.1. The summed E-state index contributed by atoms with van der Waals surface area (Å²) in [6.45, 7) is 7.49. The Morgan fingerprint density at radius 1 is 1.37 bits per heavy atom. The zero-order valence-electron chi connectivity index (χ0n) is 17.3. The Morgan fingerprint density at radius 3 is 2.77 bits per heavy atom. The second-order valence-corrected chi connectivity index (χ2v) is 7.96. The molecule has 1 aromatic carbocycles. The third-order valence-corrected chi connectivity index (χ3v) is 6.07. The van der Waals surface area contributed by atoms with Crippen LogP contribution in [0, 0.1) is 22.7 Å². The quantitative estimate of drug-likeness (QED) is 0.786. The van der Waals surface area contributed by atoms with E-state index in [0.29, 0.717) is 51.6 Å². The van der Waals surface area contributed by atoms with Crippen molar-refractivity contribution in [2.45, 2.75) is 26.4 Å². The van der Waals surface area contributed by atoms with Crippen molar-refractivity contribution in [3.63, 3.8) is 0 Å². The van der Waals surface area contributed by atoms with Crippen LogP contribution < -0.4 is 10.2 Å². The Balaban J connectivity index is 1.88. The Labute approximate surface area is 174 Å². The summed E-state index contributed by atoms with van der Waals surface area (Å²) in [6, 6.07) is 5.37. The predicted octanol–water partition coefficient (Wildman–Crippen LogP) is 3.47. The average molecular weight is 424 g/mol. The van der Waals surface area contributed by atoms with Crippen LogP contribution in [0.5, 0.6) is 0 Å². The number of benzene rings is 1. The van der Waals surface area contributed by atoms with Crippen molar-refractivity contribution < 1.29 is 22.7 Å². The van der Waals surface area contributed by atoms with Crippen molar-refractivity contribution in [3.8, 4) is 6.07 Å². The minimum absolute atomic E-state index is 0.122. The number of anilines is 1. The lowest BCUT2D eigenvalue weighted by molar-refractivity contribution is -0.137. The highest BCUT2D eigenvalue weighted by Crippen LogP contribution is 2.45. The number of alkyl halides is 3. The number of piperidine rings is 1. The first-order chi connectivity index (χ1) is 14.2. The molecule has 1 aromatic rings. The third kappa shape index (κ3) is 4.33. The van der Waals surface area contributed by atoms with Crippen LogP contribution >= 0.6 is 0 Å². The number of fused-ring (bicyclic) bond motifs is 1. The Hall–Kier alpha value is -2.47. The highest BCUT2D eigenvalue weighted by molar-refractivity contribution is 5.74. The largest absolute Gasteiger partial charge is 0.417 e. The SMILES string of the molecule is CCNC(=O)N1CCC2CN(c3ccc(C#N)c(C(F)(F)F)c3)CC2(COCC)C1. The normalized spacial score (nSPS) is 23.8. The van der Waals surface area contributed by atoms with Gasteiger partial charge >= 0.3 is 12.2 Å². The van der Waals surface area contributed by atoms with Crippen molar-refractivity contribution in [2.75, 3.05) is 50.8 Å². The van der Waals surface area contributed by atoms with Crippen molar-refractivity contribution in [2.24, 2.45) is 11.3 Å². The molecule has 30 heavy (non-hydrogen) atoms. The summed E-state index contributed by atoms with van der Waals surface area (Å²) in [5, 5.41) is 11.9. The van der Waals surface area contributed by atoms with Gasteiger partial charge in [-0.3, -0.25) is 0 Å². The van der Waals surface area contributed by atoms with Crippen molar-refractivity contribution in [3.05, 3.63) is 29.3 Å². The molecule has 2 aliphatic heterocycles. The van der Waals surface area contributed by atoms with E-state index >= 15 is 0 Å². The van der Waals surface area contributed by atoms with Gasteiger partial charge < -0.3 is 19.9 Å². The number of halogens is 3. The average Bonchev–Trinajstić information content (AvgIpc) is 3.10. The van der Waals surface area contributed by atoms with Crippen molar-refractivity contribution in [1.29, 1.82) is 5.26 Å². The third-order valence-electron chi connectivity index (χ3n) is 6.07. The number of carbonyl (C=O) groups excluding carboxylic acids is 1. The number of hydrogen-bond donors (Lipinski definition) is 1. The van der Waals surface area contributed by atoms with Gasteiger partial charge in [0.2, 0.25) is 0 Å². The molecule has 2 unspecified atom stereocenters. The molecule has 0 aliphatic carbocycles. The van der Waals surface area contributed by atoms with E-state index in [1.807, 2.05) is 18.7 Å². The second-order valence-electron chi connectivity index (χ2n) is 7.96. The minimum atomic E-state index is -4.59. The van der Waals surface area contributed by atoms with Crippen LogP contribution in [-0.4, -0.2) is 56.9 Å². The van der Waals surface area contributed by atoms with Gasteiger partial charge in [-0.05, 0) is 44.4 Å². The maximum absolute atomic E-state index is 13.4. The molecule has 2 saturated heterocycles. The van der Waals surface area contributed by atoms with Crippen LogP contribution in [-0.2, 0) is 10.9 Å². The maximum Gasteiger partial charge on any atom is 0.417 e. The highest BCUT2D eigenvalue weighted by Gasteiger charge is 2.51. The number of urea groups is 1. The van der Waals surface area contributed by atoms with E-state index in [9.17, 15) is 18.0 Å². The van der Waals surface area contributed by atoms with E-state index in [2.05, 4.69) is 5.32 Å². The number of rotatable bonds is 5. The Kier molecular flexibility index (Phi) is 6.46. The molecule has 2 heterocycles. The summed E-state index contributed by atoms with van der Waals surface area (Å²) in [7, 11) is 0. The highest BCUT2D eigenvalue weighted by atomic mass is 19.4. The molecular weight excluding hydrogens is 397 g/mol. The van der Waals surface area contributed by atoms with Crippen LogP contribution in [0.25, 0.3) is 0 Å². The summed E-state index contributed by atoms with van der Waals surface area (Å²) in [6.07, 6.45) is -3.82. The number of nitrogens with one attached hydrogen (secondary N) is 1. The summed E-state index contributed by atoms with van der Waals surface area (Å²) < 4.78 is 46.0. The lowest BCUT2D eigenvalue weighted by Crippen LogP contribution is -2.55. The molecule has 0 spiro atoms. The number of carbonyl (C=O) groups is 1. The number of amides is 2. The van der Waals surface area contributed by atoms with Gasteiger partial charge in [0, 0.05) is 50.4 Å². The summed E-state index contributed by atoms with van der Waals surface area (Å²) in [5.74, 6) is 0.208. The second kappa shape index (κ2) is 8.72. The number of nitrogens with zero attached hydrogens (tertiary/aromatic N) is 3. The van der Waals surface area contributed by atoms with Gasteiger partial charge in [0.25, 0.3) is 0 Å². The number of nitriles is 1. The molecule has 0 aromatic heterocycles. The van der Waals surface area contributed by atoms with Gasteiger partial charge in [-0.25, -0.2) is 4.79 Å². The molecule has 2 atom stereocenters. The molecule has 1 N–H and O–H groups in total. The molecule has 0 saturated carbocycles. The molecule has 9 heteroatoms.